The molecule has 1 N–H and O–H groups in total. The third-order valence-electron chi connectivity index (χ3n) is 4.31. The summed E-state index contributed by atoms with van der Waals surface area (Å²) in [5.74, 6) is 1.34. The number of carbonyl (C=O) groups excluding carboxylic acids is 1. The van der Waals surface area contributed by atoms with Gasteiger partial charge in [-0.1, -0.05) is 0 Å². The molecular formula is C22H26N2O4. The highest BCUT2D eigenvalue weighted by Gasteiger charge is 2.16. The van der Waals surface area contributed by atoms with Crippen molar-refractivity contribution in [3.63, 3.8) is 0 Å². The van der Waals surface area contributed by atoms with Gasteiger partial charge < -0.3 is 19.5 Å². The molecule has 1 amide bonds. The van der Waals surface area contributed by atoms with Gasteiger partial charge in [0.05, 0.1) is 18.4 Å². The molecular weight excluding hydrogens is 356 g/mol. The molecule has 0 saturated carbocycles. The fraction of sp³-hybridized carbons (Fsp3) is 0.364. The molecule has 0 radical (unpaired) electrons. The van der Waals surface area contributed by atoms with E-state index in [1.807, 2.05) is 55.5 Å². The maximum absolute atomic E-state index is 11.8. The first kappa shape index (κ1) is 19.9. The van der Waals surface area contributed by atoms with Gasteiger partial charge in [0.2, 0.25) is 0 Å². The van der Waals surface area contributed by atoms with Crippen LogP contribution in [0.1, 0.15) is 25.3 Å². The molecule has 28 heavy (non-hydrogen) atoms. The number of hydrogen-bond acceptors (Lipinski definition) is 5. The molecule has 2 aromatic rings. The lowest BCUT2D eigenvalue weighted by Crippen LogP contribution is -2.35. The predicted octanol–water partition coefficient (Wildman–Crippen LogP) is 3.51. The number of nitrogens with zero attached hydrogens (tertiary/aromatic N) is 1. The van der Waals surface area contributed by atoms with Crippen molar-refractivity contribution in [2.45, 2.75) is 25.9 Å². The summed E-state index contributed by atoms with van der Waals surface area (Å²) in [4.78, 5) is 16.3. The van der Waals surface area contributed by atoms with E-state index >= 15 is 0 Å². The highest BCUT2D eigenvalue weighted by molar-refractivity contribution is 5.82. The normalized spacial score (nSPS) is 16.2. The number of rotatable bonds is 9. The summed E-state index contributed by atoms with van der Waals surface area (Å²) in [6.45, 7) is 3.92. The zero-order valence-corrected chi connectivity index (χ0v) is 16.1. The molecule has 0 aromatic heterocycles. The van der Waals surface area contributed by atoms with E-state index in [9.17, 15) is 4.79 Å². The summed E-state index contributed by atoms with van der Waals surface area (Å²) >= 11 is 0. The Kier molecular flexibility index (Phi) is 7.44. The summed E-state index contributed by atoms with van der Waals surface area (Å²) in [5, 5.41) is 2.84. The highest BCUT2D eigenvalue weighted by atomic mass is 16.5. The smallest absolute Gasteiger partial charge is 0.258 e. The van der Waals surface area contributed by atoms with E-state index in [4.69, 9.17) is 14.2 Å². The molecule has 0 unspecified atom stereocenters. The lowest BCUT2D eigenvalue weighted by molar-refractivity contribution is -0.123. The van der Waals surface area contributed by atoms with Crippen molar-refractivity contribution in [1.29, 1.82) is 0 Å². The third-order valence-corrected chi connectivity index (χ3v) is 4.31. The molecule has 6 heteroatoms. The van der Waals surface area contributed by atoms with Crippen molar-refractivity contribution in [2.75, 3.05) is 26.4 Å². The van der Waals surface area contributed by atoms with Gasteiger partial charge in [-0.3, -0.25) is 9.79 Å². The second kappa shape index (κ2) is 10.5. The van der Waals surface area contributed by atoms with Crippen LogP contribution in [0.25, 0.3) is 0 Å². The largest absolute Gasteiger partial charge is 0.494 e. The summed E-state index contributed by atoms with van der Waals surface area (Å²) < 4.78 is 16.4. The molecule has 1 atom stereocenters. The number of ether oxygens (including phenoxy) is 3. The zero-order chi connectivity index (χ0) is 19.6. The molecule has 148 valence electrons. The number of hydrogen-bond donors (Lipinski definition) is 1. The summed E-state index contributed by atoms with van der Waals surface area (Å²) in [6, 6.07) is 15.1. The first-order chi connectivity index (χ1) is 13.7. The average Bonchev–Trinajstić information content (AvgIpc) is 3.25. The van der Waals surface area contributed by atoms with Crippen LogP contribution in [-0.4, -0.2) is 44.6 Å². The molecule has 2 aromatic carbocycles. The van der Waals surface area contributed by atoms with E-state index in [1.54, 1.807) is 6.21 Å². The maximum Gasteiger partial charge on any atom is 0.258 e. The number of amides is 1. The Balaban J connectivity index is 1.43. The average molecular weight is 382 g/mol. The van der Waals surface area contributed by atoms with E-state index in [1.165, 1.54) is 0 Å². The predicted molar refractivity (Wildman–Crippen MR) is 109 cm³/mol. The Morgan fingerprint density at radius 2 is 1.86 bits per heavy atom. The molecule has 6 nitrogen and oxygen atoms in total. The SMILES string of the molecule is CCOc1ccc(N=Cc2ccc(OCC(=O)NC[C@H]3CCCO3)cc2)cc1. The van der Waals surface area contributed by atoms with Crippen molar-refractivity contribution in [1.82, 2.24) is 5.32 Å². The minimum absolute atomic E-state index is 0.00760. The van der Waals surface area contributed by atoms with E-state index in [2.05, 4.69) is 10.3 Å². The Hall–Kier alpha value is -2.86. The van der Waals surface area contributed by atoms with Crippen molar-refractivity contribution in [3.05, 3.63) is 54.1 Å². The van der Waals surface area contributed by atoms with Gasteiger partial charge in [-0.25, -0.2) is 0 Å². The number of benzene rings is 2. The quantitative estimate of drug-likeness (QED) is 0.674. The van der Waals surface area contributed by atoms with E-state index in [-0.39, 0.29) is 18.6 Å². The highest BCUT2D eigenvalue weighted by Crippen LogP contribution is 2.18. The first-order valence-electron chi connectivity index (χ1n) is 9.61. The molecule has 0 bridgehead atoms. The van der Waals surface area contributed by atoms with Crippen LogP contribution in [-0.2, 0) is 9.53 Å². The van der Waals surface area contributed by atoms with Crippen LogP contribution in [0.5, 0.6) is 11.5 Å². The van der Waals surface area contributed by atoms with Crippen LogP contribution in [0.2, 0.25) is 0 Å². The van der Waals surface area contributed by atoms with Crippen molar-refractivity contribution < 1.29 is 19.0 Å². The lowest BCUT2D eigenvalue weighted by atomic mass is 10.2. The molecule has 1 saturated heterocycles. The van der Waals surface area contributed by atoms with Gasteiger partial charge >= 0.3 is 0 Å². The minimum Gasteiger partial charge on any atom is -0.494 e. The molecule has 1 aliphatic heterocycles. The van der Waals surface area contributed by atoms with Crippen molar-refractivity contribution in [2.24, 2.45) is 4.99 Å². The number of carbonyl (C=O) groups is 1. The summed E-state index contributed by atoms with van der Waals surface area (Å²) in [7, 11) is 0. The molecule has 1 aliphatic rings. The molecule has 0 spiro atoms. The minimum atomic E-state index is -0.142. The van der Waals surface area contributed by atoms with Gasteiger partial charge in [0.15, 0.2) is 6.61 Å². The number of nitrogens with one attached hydrogen (secondary N) is 1. The Morgan fingerprint density at radius 3 is 2.54 bits per heavy atom. The summed E-state index contributed by atoms with van der Waals surface area (Å²) in [6.07, 6.45) is 3.98. The van der Waals surface area contributed by atoms with E-state index in [0.717, 1.165) is 36.4 Å². The van der Waals surface area contributed by atoms with Gasteiger partial charge in [-0.05, 0) is 73.9 Å². The monoisotopic (exact) mass is 382 g/mol. The molecule has 1 fully saturated rings. The molecule has 0 aliphatic carbocycles. The van der Waals surface area contributed by atoms with Crippen LogP contribution in [0.3, 0.4) is 0 Å². The van der Waals surface area contributed by atoms with Crippen molar-refractivity contribution >= 4 is 17.8 Å². The van der Waals surface area contributed by atoms with Gasteiger partial charge in [0.25, 0.3) is 5.91 Å². The fourth-order valence-electron chi connectivity index (χ4n) is 2.83. The topological polar surface area (TPSA) is 69.2 Å². The van der Waals surface area contributed by atoms with Gasteiger partial charge in [-0.2, -0.15) is 0 Å². The maximum atomic E-state index is 11.8. The first-order valence-corrected chi connectivity index (χ1v) is 9.61. The van der Waals surface area contributed by atoms with Crippen LogP contribution < -0.4 is 14.8 Å². The van der Waals surface area contributed by atoms with Gasteiger partial charge in [0.1, 0.15) is 11.5 Å². The third kappa shape index (κ3) is 6.39. The Labute approximate surface area is 165 Å². The second-order valence-corrected chi connectivity index (χ2v) is 6.48. The van der Waals surface area contributed by atoms with E-state index in [0.29, 0.717) is 18.9 Å². The molecule has 1 heterocycles. The molecule has 3 rings (SSSR count). The van der Waals surface area contributed by atoms with Crippen LogP contribution in [0.4, 0.5) is 5.69 Å². The number of aliphatic imine (C=N–C) groups is 1. The lowest BCUT2D eigenvalue weighted by Gasteiger charge is -2.11. The zero-order valence-electron chi connectivity index (χ0n) is 16.1. The van der Waals surface area contributed by atoms with Crippen LogP contribution in [0.15, 0.2) is 53.5 Å². The second-order valence-electron chi connectivity index (χ2n) is 6.48. The van der Waals surface area contributed by atoms with E-state index < -0.39 is 0 Å². The Morgan fingerprint density at radius 1 is 1.14 bits per heavy atom. The van der Waals surface area contributed by atoms with Crippen LogP contribution in [0, 0.1) is 0 Å². The van der Waals surface area contributed by atoms with Gasteiger partial charge in [-0.15, -0.1) is 0 Å². The fourth-order valence-corrected chi connectivity index (χ4v) is 2.83. The Bertz CT molecular complexity index is 766. The summed E-state index contributed by atoms with van der Waals surface area (Å²) in [5.41, 5.74) is 1.80. The van der Waals surface area contributed by atoms with Gasteiger partial charge in [0, 0.05) is 19.4 Å². The van der Waals surface area contributed by atoms with Crippen LogP contribution >= 0.6 is 0 Å². The standard InChI is InChI=1S/C22H26N2O4/c1-2-26-19-11-7-18(8-12-19)23-14-17-5-9-20(10-6-17)28-16-22(25)24-15-21-4-3-13-27-21/h5-12,14,21H,2-4,13,15-16H2,1H3,(H,24,25)/t21-/m1/s1. The van der Waals surface area contributed by atoms with Crippen molar-refractivity contribution in [3.8, 4) is 11.5 Å².